The minimum absolute atomic E-state index is 0.197. The summed E-state index contributed by atoms with van der Waals surface area (Å²) in [5, 5.41) is 0. The van der Waals surface area contributed by atoms with Gasteiger partial charge in [-0.3, -0.25) is 0 Å². The lowest BCUT2D eigenvalue weighted by atomic mass is 9.77. The minimum atomic E-state index is -0.701. The van der Waals surface area contributed by atoms with Gasteiger partial charge in [0, 0.05) is 5.56 Å². The summed E-state index contributed by atoms with van der Waals surface area (Å²) >= 11 is 0. The molecule has 1 aliphatic rings. The first-order chi connectivity index (χ1) is 15.1. The Balaban J connectivity index is 1.57. The summed E-state index contributed by atoms with van der Waals surface area (Å²) < 4.78 is 25.1. The third-order valence-corrected chi connectivity index (χ3v) is 6.34. The Bertz CT molecular complexity index is 823. The van der Waals surface area contributed by atoms with Crippen molar-refractivity contribution in [1.29, 1.82) is 0 Å². The van der Waals surface area contributed by atoms with E-state index in [2.05, 4.69) is 19.9 Å². The average molecular weight is 427 g/mol. The van der Waals surface area contributed by atoms with E-state index in [1.807, 2.05) is 6.07 Å². The van der Waals surface area contributed by atoms with Crippen molar-refractivity contribution in [2.75, 3.05) is 6.61 Å². The van der Waals surface area contributed by atoms with Crippen molar-refractivity contribution >= 4 is 6.16 Å². The maximum Gasteiger partial charge on any atom is 0.513 e. The van der Waals surface area contributed by atoms with Crippen LogP contribution in [0, 0.1) is 11.7 Å². The molecule has 0 saturated heterocycles. The Morgan fingerprint density at radius 3 is 2.35 bits per heavy atom. The molecule has 31 heavy (non-hydrogen) atoms. The van der Waals surface area contributed by atoms with Gasteiger partial charge < -0.3 is 9.47 Å². The second-order valence-electron chi connectivity index (χ2n) is 8.68. The molecule has 0 radical (unpaired) electrons. The Hall–Kier alpha value is -2.36. The van der Waals surface area contributed by atoms with E-state index in [0.29, 0.717) is 23.8 Å². The van der Waals surface area contributed by atoms with Crippen molar-refractivity contribution in [1.82, 2.24) is 0 Å². The number of benzene rings is 2. The molecule has 1 fully saturated rings. The molecule has 168 valence electrons. The summed E-state index contributed by atoms with van der Waals surface area (Å²) in [6.45, 7) is 4.70. The average Bonchev–Trinajstić information content (AvgIpc) is 2.78. The maximum atomic E-state index is 14.9. The van der Waals surface area contributed by atoms with Gasteiger partial charge in [-0.15, -0.1) is 0 Å². The van der Waals surface area contributed by atoms with Gasteiger partial charge >= 0.3 is 6.16 Å². The number of rotatable bonds is 9. The van der Waals surface area contributed by atoms with Crippen molar-refractivity contribution in [3.63, 3.8) is 0 Å². The summed E-state index contributed by atoms with van der Waals surface area (Å²) in [6, 6.07) is 12.5. The van der Waals surface area contributed by atoms with Crippen LogP contribution >= 0.6 is 0 Å². The lowest BCUT2D eigenvalue weighted by molar-refractivity contribution is 0.0974. The van der Waals surface area contributed by atoms with Crippen LogP contribution in [0.2, 0.25) is 0 Å². The predicted octanol–water partition coefficient (Wildman–Crippen LogP) is 8.27. The number of carbonyl (C=O) groups is 1. The first kappa shape index (κ1) is 23.3. The molecule has 4 heteroatoms. The Labute approximate surface area is 186 Å². The van der Waals surface area contributed by atoms with Gasteiger partial charge in [0.05, 0.1) is 6.61 Å². The largest absolute Gasteiger partial charge is 0.513 e. The molecule has 3 rings (SSSR count). The lowest BCUT2D eigenvalue weighted by Gasteiger charge is -2.28. The number of hydrogen-bond acceptors (Lipinski definition) is 3. The Kier molecular flexibility index (Phi) is 8.93. The van der Waals surface area contributed by atoms with Gasteiger partial charge in [-0.2, -0.15) is 0 Å². The highest BCUT2D eigenvalue weighted by Gasteiger charge is 2.22. The van der Waals surface area contributed by atoms with Gasteiger partial charge in [-0.25, -0.2) is 9.18 Å². The normalized spacial score (nSPS) is 18.5. The van der Waals surface area contributed by atoms with E-state index < -0.39 is 6.16 Å². The third kappa shape index (κ3) is 6.81. The molecule has 0 atom stereocenters. The van der Waals surface area contributed by atoms with Crippen molar-refractivity contribution in [2.45, 2.75) is 77.6 Å². The quantitative estimate of drug-likeness (QED) is 0.230. The highest BCUT2D eigenvalue weighted by Crippen LogP contribution is 2.38. The van der Waals surface area contributed by atoms with Crippen LogP contribution in [-0.4, -0.2) is 12.8 Å². The van der Waals surface area contributed by atoms with Crippen LogP contribution in [0.25, 0.3) is 11.1 Å². The lowest BCUT2D eigenvalue weighted by Crippen LogP contribution is -2.13. The van der Waals surface area contributed by atoms with Gasteiger partial charge in [0.25, 0.3) is 0 Å². The minimum Gasteiger partial charge on any atom is -0.434 e. The smallest absolute Gasteiger partial charge is 0.434 e. The van der Waals surface area contributed by atoms with E-state index in [9.17, 15) is 9.18 Å². The fourth-order valence-electron chi connectivity index (χ4n) is 4.55. The summed E-state index contributed by atoms with van der Waals surface area (Å²) in [5.41, 5.74) is 2.44. The zero-order valence-electron chi connectivity index (χ0n) is 18.9. The van der Waals surface area contributed by atoms with E-state index in [1.165, 1.54) is 25.7 Å². The van der Waals surface area contributed by atoms with Crippen molar-refractivity contribution < 1.29 is 18.7 Å². The van der Waals surface area contributed by atoms with E-state index in [4.69, 9.17) is 9.47 Å². The first-order valence-corrected chi connectivity index (χ1v) is 11.8. The predicted molar refractivity (Wildman–Crippen MR) is 123 cm³/mol. The van der Waals surface area contributed by atoms with Gasteiger partial charge in [0.2, 0.25) is 0 Å². The summed E-state index contributed by atoms with van der Waals surface area (Å²) in [5.74, 6) is 1.51. The van der Waals surface area contributed by atoms with Gasteiger partial charge in [0.1, 0.15) is 11.6 Å². The van der Waals surface area contributed by atoms with Crippen LogP contribution in [-0.2, 0) is 4.74 Å². The second kappa shape index (κ2) is 11.9. The van der Waals surface area contributed by atoms with Crippen LogP contribution in [0.5, 0.6) is 5.75 Å². The second-order valence-corrected chi connectivity index (χ2v) is 8.68. The molecule has 0 amide bonds. The van der Waals surface area contributed by atoms with Crippen molar-refractivity contribution in [3.8, 4) is 16.9 Å². The van der Waals surface area contributed by atoms with Crippen LogP contribution in [0.1, 0.15) is 83.1 Å². The number of ether oxygens (including phenoxy) is 2. The third-order valence-electron chi connectivity index (χ3n) is 6.34. The Morgan fingerprint density at radius 2 is 1.71 bits per heavy atom. The molecule has 1 aliphatic carbocycles. The van der Waals surface area contributed by atoms with Crippen LogP contribution in [0.15, 0.2) is 42.5 Å². The molecule has 2 aromatic carbocycles. The molecule has 0 aliphatic heterocycles. The van der Waals surface area contributed by atoms with Crippen molar-refractivity contribution in [2.24, 2.45) is 5.92 Å². The van der Waals surface area contributed by atoms with Gasteiger partial charge in [-0.1, -0.05) is 63.8 Å². The van der Waals surface area contributed by atoms with E-state index in [1.54, 1.807) is 30.3 Å². The molecule has 3 nitrogen and oxygen atoms in total. The number of halogens is 1. The molecule has 0 spiro atoms. The molecule has 2 aromatic rings. The summed E-state index contributed by atoms with van der Waals surface area (Å²) in [6.07, 6.45) is 9.61. The van der Waals surface area contributed by atoms with Gasteiger partial charge in [0.15, 0.2) is 0 Å². The number of carbonyl (C=O) groups excluding carboxylic acids is 1. The fraction of sp³-hybridized carbons (Fsp3) is 0.519. The van der Waals surface area contributed by atoms with E-state index in [-0.39, 0.29) is 5.82 Å². The summed E-state index contributed by atoms with van der Waals surface area (Å²) in [7, 11) is 0. The SMILES string of the molecule is CCCCCOC(=O)Oc1ccc(-c2ccc([C@H]3CC[C@H](CCC)CC3)cc2F)cc1. The molecule has 0 aromatic heterocycles. The highest BCUT2D eigenvalue weighted by atomic mass is 19.1. The van der Waals surface area contributed by atoms with E-state index in [0.717, 1.165) is 49.1 Å². The monoisotopic (exact) mass is 426 g/mol. The number of hydrogen-bond donors (Lipinski definition) is 0. The van der Waals surface area contributed by atoms with E-state index >= 15 is 0 Å². The molecule has 0 heterocycles. The fourth-order valence-corrected chi connectivity index (χ4v) is 4.55. The molecular formula is C27H35FO3. The summed E-state index contributed by atoms with van der Waals surface area (Å²) in [4.78, 5) is 11.7. The molecular weight excluding hydrogens is 391 g/mol. The molecule has 0 N–H and O–H groups in total. The highest BCUT2D eigenvalue weighted by molar-refractivity contribution is 5.67. The van der Waals surface area contributed by atoms with Crippen LogP contribution in [0.3, 0.4) is 0 Å². The standard InChI is InChI=1S/C27H35FO3/c1-3-5-6-18-30-27(29)31-24-15-12-22(13-16-24)25-17-14-23(19-26(25)28)21-10-8-20(7-4-2)9-11-21/h12-17,19-21H,3-11,18H2,1-2H3/t20-,21-. The molecule has 1 saturated carbocycles. The van der Waals surface area contributed by atoms with Gasteiger partial charge in [-0.05, 0) is 73.3 Å². The topological polar surface area (TPSA) is 35.5 Å². The Morgan fingerprint density at radius 1 is 0.968 bits per heavy atom. The first-order valence-electron chi connectivity index (χ1n) is 11.8. The number of unbranched alkanes of at least 4 members (excludes halogenated alkanes) is 2. The van der Waals surface area contributed by atoms with Crippen LogP contribution < -0.4 is 4.74 Å². The van der Waals surface area contributed by atoms with Crippen LogP contribution in [0.4, 0.5) is 9.18 Å². The molecule has 0 bridgehead atoms. The zero-order chi connectivity index (χ0) is 22.1. The molecule has 0 unspecified atom stereocenters. The zero-order valence-corrected chi connectivity index (χ0v) is 18.9. The maximum absolute atomic E-state index is 14.9. The van der Waals surface area contributed by atoms with Crippen molar-refractivity contribution in [3.05, 3.63) is 53.8 Å².